The molecule has 0 amide bonds. The fourth-order valence-electron chi connectivity index (χ4n) is 2.74. The van der Waals surface area contributed by atoms with Gasteiger partial charge in [-0.15, -0.1) is 11.3 Å². The monoisotopic (exact) mass is 306 g/mol. The number of nitrogens with two attached hydrogens (primary N) is 1. The Labute approximate surface area is 130 Å². The standard InChI is InChI=1S/C17H23FN2S/c1-12(10-16-8-5-9-21-16)20(3)17(13(2)19)14-6-4-7-15(18)11-14/h4-9,11-13,17H,10,19H2,1-3H3. The highest BCUT2D eigenvalue weighted by Gasteiger charge is 2.25. The second-order valence-electron chi connectivity index (χ2n) is 5.66. The molecule has 0 fully saturated rings. The zero-order chi connectivity index (χ0) is 15.4. The van der Waals surface area contributed by atoms with E-state index in [1.54, 1.807) is 23.5 Å². The molecule has 4 heteroatoms. The number of likely N-dealkylation sites (N-methyl/N-ethyl adjacent to an activating group) is 1. The van der Waals surface area contributed by atoms with Crippen LogP contribution in [0.3, 0.4) is 0 Å². The summed E-state index contributed by atoms with van der Waals surface area (Å²) in [5.41, 5.74) is 7.11. The van der Waals surface area contributed by atoms with Gasteiger partial charge in [0.2, 0.25) is 0 Å². The normalized spacial score (nSPS) is 15.9. The van der Waals surface area contributed by atoms with Gasteiger partial charge in [-0.2, -0.15) is 0 Å². The van der Waals surface area contributed by atoms with E-state index < -0.39 is 0 Å². The van der Waals surface area contributed by atoms with Gasteiger partial charge in [-0.3, -0.25) is 4.90 Å². The molecule has 1 heterocycles. The molecule has 0 spiro atoms. The van der Waals surface area contributed by atoms with Crippen molar-refractivity contribution in [1.82, 2.24) is 4.90 Å². The maximum Gasteiger partial charge on any atom is 0.123 e. The first-order valence-electron chi connectivity index (χ1n) is 7.24. The summed E-state index contributed by atoms with van der Waals surface area (Å²) >= 11 is 1.77. The van der Waals surface area contributed by atoms with Crippen LogP contribution in [0.25, 0.3) is 0 Å². The Kier molecular flexibility index (Phi) is 5.51. The molecule has 2 aromatic rings. The Bertz CT molecular complexity index is 554. The lowest BCUT2D eigenvalue weighted by Crippen LogP contribution is -2.42. The Morgan fingerprint density at radius 2 is 2.00 bits per heavy atom. The summed E-state index contributed by atoms with van der Waals surface area (Å²) in [7, 11) is 2.07. The molecule has 2 rings (SSSR count). The van der Waals surface area contributed by atoms with Crippen LogP contribution in [0.15, 0.2) is 41.8 Å². The highest BCUT2D eigenvalue weighted by molar-refractivity contribution is 7.09. The van der Waals surface area contributed by atoms with E-state index in [1.807, 2.05) is 13.0 Å². The summed E-state index contributed by atoms with van der Waals surface area (Å²) < 4.78 is 13.5. The van der Waals surface area contributed by atoms with Crippen LogP contribution in [0.5, 0.6) is 0 Å². The van der Waals surface area contributed by atoms with Crippen LogP contribution < -0.4 is 5.73 Å². The smallest absolute Gasteiger partial charge is 0.123 e. The van der Waals surface area contributed by atoms with Gasteiger partial charge in [0, 0.05) is 23.0 Å². The molecular weight excluding hydrogens is 283 g/mol. The van der Waals surface area contributed by atoms with Gasteiger partial charge in [0.05, 0.1) is 0 Å². The van der Waals surface area contributed by atoms with E-state index >= 15 is 0 Å². The molecule has 2 N–H and O–H groups in total. The molecule has 0 bridgehead atoms. The molecule has 0 radical (unpaired) electrons. The number of hydrogen-bond donors (Lipinski definition) is 1. The Morgan fingerprint density at radius 1 is 1.24 bits per heavy atom. The second-order valence-corrected chi connectivity index (χ2v) is 6.69. The molecule has 2 nitrogen and oxygen atoms in total. The first kappa shape index (κ1) is 16.1. The van der Waals surface area contributed by atoms with E-state index in [4.69, 9.17) is 5.73 Å². The average Bonchev–Trinajstić information content (AvgIpc) is 2.91. The highest BCUT2D eigenvalue weighted by Crippen LogP contribution is 2.26. The second kappa shape index (κ2) is 7.16. The van der Waals surface area contributed by atoms with Crippen molar-refractivity contribution in [2.45, 2.75) is 38.4 Å². The van der Waals surface area contributed by atoms with Crippen molar-refractivity contribution < 1.29 is 4.39 Å². The quantitative estimate of drug-likeness (QED) is 0.878. The molecule has 0 aliphatic rings. The minimum Gasteiger partial charge on any atom is -0.326 e. The first-order chi connectivity index (χ1) is 9.99. The molecule has 114 valence electrons. The van der Waals surface area contributed by atoms with Gasteiger partial charge < -0.3 is 5.73 Å². The Hall–Kier alpha value is -1.23. The van der Waals surface area contributed by atoms with Crippen molar-refractivity contribution in [1.29, 1.82) is 0 Å². The number of halogens is 1. The third-order valence-corrected chi connectivity index (χ3v) is 4.80. The van der Waals surface area contributed by atoms with E-state index in [0.29, 0.717) is 6.04 Å². The zero-order valence-electron chi connectivity index (χ0n) is 12.8. The summed E-state index contributed by atoms with van der Waals surface area (Å²) in [4.78, 5) is 3.61. The Balaban J connectivity index is 2.17. The predicted octanol–water partition coefficient (Wildman–Crippen LogP) is 3.84. The van der Waals surface area contributed by atoms with Gasteiger partial charge >= 0.3 is 0 Å². The minimum atomic E-state index is -0.211. The summed E-state index contributed by atoms with van der Waals surface area (Å²) in [5, 5.41) is 2.09. The number of thiophene rings is 1. The average molecular weight is 306 g/mol. The third kappa shape index (κ3) is 4.13. The van der Waals surface area contributed by atoms with Crippen molar-refractivity contribution in [3.8, 4) is 0 Å². The molecule has 1 aromatic heterocycles. The van der Waals surface area contributed by atoms with Crippen molar-refractivity contribution in [3.63, 3.8) is 0 Å². The minimum absolute atomic E-state index is 0.00987. The number of nitrogens with zero attached hydrogens (tertiary/aromatic N) is 1. The van der Waals surface area contributed by atoms with E-state index in [-0.39, 0.29) is 17.9 Å². The molecule has 21 heavy (non-hydrogen) atoms. The lowest BCUT2D eigenvalue weighted by atomic mass is 9.97. The van der Waals surface area contributed by atoms with E-state index in [9.17, 15) is 4.39 Å². The van der Waals surface area contributed by atoms with E-state index in [2.05, 4.69) is 36.4 Å². The summed E-state index contributed by atoms with van der Waals surface area (Å²) in [5.74, 6) is -0.211. The largest absolute Gasteiger partial charge is 0.326 e. The van der Waals surface area contributed by atoms with E-state index in [1.165, 1.54) is 10.9 Å². The Morgan fingerprint density at radius 3 is 2.57 bits per heavy atom. The third-order valence-electron chi connectivity index (χ3n) is 3.90. The number of hydrogen-bond acceptors (Lipinski definition) is 3. The number of benzene rings is 1. The van der Waals surface area contributed by atoms with Gasteiger partial charge in [0.1, 0.15) is 5.82 Å². The van der Waals surface area contributed by atoms with Crippen molar-refractivity contribution in [2.24, 2.45) is 5.73 Å². The van der Waals surface area contributed by atoms with Crippen LogP contribution in [0.1, 0.15) is 30.3 Å². The summed E-state index contributed by atoms with van der Waals surface area (Å²) in [6, 6.07) is 11.3. The van der Waals surface area contributed by atoms with Crippen LogP contribution in [-0.4, -0.2) is 24.0 Å². The van der Waals surface area contributed by atoms with Crippen LogP contribution in [0.2, 0.25) is 0 Å². The van der Waals surface area contributed by atoms with Crippen molar-refractivity contribution >= 4 is 11.3 Å². The van der Waals surface area contributed by atoms with E-state index in [0.717, 1.165) is 12.0 Å². The van der Waals surface area contributed by atoms with Gasteiger partial charge in [0.15, 0.2) is 0 Å². The van der Waals surface area contributed by atoms with Gasteiger partial charge in [-0.05, 0) is 56.5 Å². The molecule has 1 aromatic carbocycles. The maximum absolute atomic E-state index is 13.5. The molecular formula is C17H23FN2S. The maximum atomic E-state index is 13.5. The van der Waals surface area contributed by atoms with Crippen LogP contribution in [0, 0.1) is 5.82 Å². The first-order valence-corrected chi connectivity index (χ1v) is 8.12. The molecule has 3 atom stereocenters. The van der Waals surface area contributed by atoms with Crippen LogP contribution in [0.4, 0.5) is 4.39 Å². The molecule has 3 unspecified atom stereocenters. The fourth-order valence-corrected chi connectivity index (χ4v) is 3.56. The molecule has 0 aliphatic carbocycles. The van der Waals surface area contributed by atoms with Crippen LogP contribution in [-0.2, 0) is 6.42 Å². The fraction of sp³-hybridized carbons (Fsp3) is 0.412. The summed E-state index contributed by atoms with van der Waals surface area (Å²) in [6.45, 7) is 4.17. The number of rotatable bonds is 6. The molecule has 0 saturated heterocycles. The lowest BCUT2D eigenvalue weighted by molar-refractivity contribution is 0.164. The van der Waals surface area contributed by atoms with Crippen LogP contribution >= 0.6 is 11.3 Å². The van der Waals surface area contributed by atoms with Gasteiger partial charge in [0.25, 0.3) is 0 Å². The van der Waals surface area contributed by atoms with Gasteiger partial charge in [-0.1, -0.05) is 18.2 Å². The summed E-state index contributed by atoms with van der Waals surface area (Å²) in [6.07, 6.45) is 0.979. The topological polar surface area (TPSA) is 29.3 Å². The van der Waals surface area contributed by atoms with Crippen molar-refractivity contribution in [3.05, 3.63) is 58.0 Å². The molecule has 0 saturated carbocycles. The van der Waals surface area contributed by atoms with Gasteiger partial charge in [-0.25, -0.2) is 4.39 Å². The highest BCUT2D eigenvalue weighted by atomic mass is 32.1. The predicted molar refractivity (Wildman–Crippen MR) is 88.0 cm³/mol. The van der Waals surface area contributed by atoms with Crippen molar-refractivity contribution in [2.75, 3.05) is 7.05 Å². The zero-order valence-corrected chi connectivity index (χ0v) is 13.6. The SMILES string of the molecule is CC(N)C(c1cccc(F)c1)N(C)C(C)Cc1cccs1. The molecule has 0 aliphatic heterocycles. The lowest BCUT2D eigenvalue weighted by Gasteiger charge is -2.36.